The van der Waals surface area contributed by atoms with Gasteiger partial charge in [-0.2, -0.15) is 0 Å². The van der Waals surface area contributed by atoms with Crippen molar-refractivity contribution in [1.82, 2.24) is 4.90 Å². The quantitative estimate of drug-likeness (QED) is 0.760. The summed E-state index contributed by atoms with van der Waals surface area (Å²) in [5, 5.41) is 0. The largest absolute Gasteiger partial charge is 0.375 e. The number of rotatable bonds is 2. The van der Waals surface area contributed by atoms with Crippen molar-refractivity contribution >= 4 is 18.7 Å². The van der Waals surface area contributed by atoms with Crippen LogP contribution in [0.15, 0.2) is 35.0 Å². The molecule has 3 fully saturated rings. The van der Waals surface area contributed by atoms with Gasteiger partial charge in [-0.05, 0) is 49.6 Å². The molecule has 3 heterocycles. The molecule has 3 aliphatic rings. The normalized spacial score (nSPS) is 20.8. The number of piperidine rings is 3. The second kappa shape index (κ2) is 5.00. The van der Waals surface area contributed by atoms with Gasteiger partial charge in [-0.3, -0.25) is 4.79 Å². The number of benzene rings is 1. The molecule has 0 atom stereocenters. The summed E-state index contributed by atoms with van der Waals surface area (Å²) in [6.07, 6.45) is 5.92. The third-order valence-corrected chi connectivity index (χ3v) is 4.18. The molecule has 3 nitrogen and oxygen atoms in total. The Morgan fingerprint density at radius 1 is 1.32 bits per heavy atom. The van der Waals surface area contributed by atoms with Gasteiger partial charge in [0, 0.05) is 24.4 Å². The highest BCUT2D eigenvalue weighted by Gasteiger charge is 2.28. The van der Waals surface area contributed by atoms with Crippen molar-refractivity contribution in [2.75, 3.05) is 13.1 Å². The van der Waals surface area contributed by atoms with E-state index < -0.39 is 0 Å². The van der Waals surface area contributed by atoms with Crippen LogP contribution in [0.2, 0.25) is 0 Å². The Kier molecular flexibility index (Phi) is 3.20. The smallest absolute Gasteiger partial charge is 0.276 e. The molecule has 4 rings (SSSR count). The highest BCUT2D eigenvalue weighted by atomic mass is 16.1. The Morgan fingerprint density at radius 3 is 2.68 bits per heavy atom. The second-order valence-electron chi connectivity index (χ2n) is 5.32. The average molecular weight is 254 g/mol. The maximum Gasteiger partial charge on any atom is 0.276 e. The first kappa shape index (κ1) is 12.2. The van der Waals surface area contributed by atoms with Crippen molar-refractivity contribution in [3.05, 3.63) is 41.1 Å². The van der Waals surface area contributed by atoms with E-state index in [-0.39, 0.29) is 5.91 Å². The lowest BCUT2D eigenvalue weighted by molar-refractivity contribution is 0.100. The van der Waals surface area contributed by atoms with Gasteiger partial charge in [-0.1, -0.05) is 18.2 Å². The van der Waals surface area contributed by atoms with Crippen LogP contribution >= 0.6 is 0 Å². The van der Waals surface area contributed by atoms with Gasteiger partial charge < -0.3 is 4.90 Å². The Morgan fingerprint density at radius 2 is 2.05 bits per heavy atom. The van der Waals surface area contributed by atoms with Crippen LogP contribution < -0.4 is 0 Å². The predicted octanol–water partition coefficient (Wildman–Crippen LogP) is 2.98. The van der Waals surface area contributed by atoms with Gasteiger partial charge in [0.15, 0.2) is 0 Å². The zero-order valence-corrected chi connectivity index (χ0v) is 11.0. The first-order valence-electron chi connectivity index (χ1n) is 6.83. The molecular weight excluding hydrogens is 236 g/mol. The van der Waals surface area contributed by atoms with Crippen LogP contribution in [-0.2, 0) is 0 Å². The Labute approximate surface area is 113 Å². The van der Waals surface area contributed by atoms with E-state index in [9.17, 15) is 4.79 Å². The van der Waals surface area contributed by atoms with E-state index >= 15 is 0 Å². The summed E-state index contributed by atoms with van der Waals surface area (Å²) in [4.78, 5) is 17.7. The molecule has 3 saturated heterocycles. The second-order valence-corrected chi connectivity index (χ2v) is 5.32. The molecule has 19 heavy (non-hydrogen) atoms. The average Bonchev–Trinajstić information content (AvgIpc) is 2.48. The number of allylic oxidation sites excluding steroid dienone is 1. The molecule has 0 unspecified atom stereocenters. The number of fused-ring (bicyclic) bond motifs is 3. The van der Waals surface area contributed by atoms with E-state index in [1.54, 1.807) is 0 Å². The van der Waals surface area contributed by atoms with Gasteiger partial charge in [0.25, 0.3) is 5.91 Å². The van der Waals surface area contributed by atoms with Gasteiger partial charge in [0.2, 0.25) is 0 Å². The number of aliphatic imine (C=N–C) groups is 1. The van der Waals surface area contributed by atoms with Crippen molar-refractivity contribution in [3.63, 3.8) is 0 Å². The molecule has 98 valence electrons. The van der Waals surface area contributed by atoms with Crippen LogP contribution in [0.25, 0.3) is 6.08 Å². The molecule has 2 bridgehead atoms. The first-order valence-corrected chi connectivity index (χ1v) is 6.83. The molecular formula is C16H18N2O. The molecule has 1 amide bonds. The fourth-order valence-corrected chi connectivity index (χ4v) is 3.08. The van der Waals surface area contributed by atoms with Crippen molar-refractivity contribution < 1.29 is 4.79 Å². The number of carbonyl (C=O) groups is 1. The van der Waals surface area contributed by atoms with Crippen LogP contribution in [0.3, 0.4) is 0 Å². The molecule has 0 aromatic heterocycles. The first-order chi connectivity index (χ1) is 9.28. The van der Waals surface area contributed by atoms with Crippen LogP contribution in [-0.4, -0.2) is 30.6 Å². The van der Waals surface area contributed by atoms with E-state index in [0.29, 0.717) is 5.56 Å². The summed E-state index contributed by atoms with van der Waals surface area (Å²) in [5.41, 5.74) is 2.97. The minimum Gasteiger partial charge on any atom is -0.375 e. The summed E-state index contributed by atoms with van der Waals surface area (Å²) >= 11 is 0. The van der Waals surface area contributed by atoms with Crippen LogP contribution in [0.5, 0.6) is 0 Å². The van der Waals surface area contributed by atoms with E-state index in [2.05, 4.69) is 22.7 Å². The lowest BCUT2D eigenvalue weighted by atomic mass is 9.85. The highest BCUT2D eigenvalue weighted by Crippen LogP contribution is 2.35. The third-order valence-electron chi connectivity index (χ3n) is 4.18. The van der Waals surface area contributed by atoms with Gasteiger partial charge in [-0.15, -0.1) is 0 Å². The topological polar surface area (TPSA) is 32.7 Å². The van der Waals surface area contributed by atoms with Gasteiger partial charge in [0.1, 0.15) is 0 Å². The number of amides is 1. The standard InChI is InChI=1S/C16H18N2O/c1-17-16(19)15-5-3-2-4-13(15)11-14-10-12-6-8-18(14)9-7-12/h2-5,11-12H,1,6-10H2. The number of carbonyl (C=O) groups excluding carboxylic acids is 1. The summed E-state index contributed by atoms with van der Waals surface area (Å²) in [5.74, 6) is 0.583. The third kappa shape index (κ3) is 2.33. The van der Waals surface area contributed by atoms with E-state index in [1.807, 2.05) is 24.3 Å². The molecule has 1 aromatic carbocycles. The number of hydrogen-bond donors (Lipinski definition) is 0. The summed E-state index contributed by atoms with van der Waals surface area (Å²) in [6.45, 7) is 5.65. The van der Waals surface area contributed by atoms with E-state index in [1.165, 1.54) is 18.5 Å². The molecule has 3 aliphatic heterocycles. The molecule has 1 aromatic rings. The van der Waals surface area contributed by atoms with Gasteiger partial charge in [-0.25, -0.2) is 4.99 Å². The molecule has 0 spiro atoms. The van der Waals surface area contributed by atoms with Crippen LogP contribution in [0, 0.1) is 5.92 Å². The predicted molar refractivity (Wildman–Crippen MR) is 77.2 cm³/mol. The lowest BCUT2D eigenvalue weighted by Crippen LogP contribution is -2.39. The summed E-state index contributed by atoms with van der Waals surface area (Å²) in [7, 11) is 0. The zero-order valence-electron chi connectivity index (χ0n) is 11.0. The summed E-state index contributed by atoms with van der Waals surface area (Å²) < 4.78 is 0. The van der Waals surface area contributed by atoms with Crippen molar-refractivity contribution in [2.24, 2.45) is 10.9 Å². The SMILES string of the molecule is C=NC(=O)c1ccccc1C=C1CC2CCN1CC2. The Hall–Kier alpha value is -1.90. The lowest BCUT2D eigenvalue weighted by Gasteiger charge is -2.42. The van der Waals surface area contributed by atoms with E-state index in [4.69, 9.17) is 0 Å². The Bertz CT molecular complexity index is 539. The van der Waals surface area contributed by atoms with Crippen LogP contribution in [0.4, 0.5) is 0 Å². The summed E-state index contributed by atoms with van der Waals surface area (Å²) in [6, 6.07) is 7.63. The fourth-order valence-electron chi connectivity index (χ4n) is 3.08. The Balaban J connectivity index is 1.95. The molecule has 0 aliphatic carbocycles. The molecule has 0 N–H and O–H groups in total. The molecule has 3 heteroatoms. The fraction of sp³-hybridized carbons (Fsp3) is 0.375. The number of hydrogen-bond acceptors (Lipinski definition) is 2. The molecule has 0 saturated carbocycles. The highest BCUT2D eigenvalue weighted by molar-refractivity contribution is 6.00. The van der Waals surface area contributed by atoms with Crippen molar-refractivity contribution in [2.45, 2.75) is 19.3 Å². The van der Waals surface area contributed by atoms with Crippen molar-refractivity contribution in [1.29, 1.82) is 0 Å². The minimum absolute atomic E-state index is 0.247. The number of nitrogens with zero attached hydrogens (tertiary/aromatic N) is 2. The minimum atomic E-state index is -0.247. The van der Waals surface area contributed by atoms with E-state index in [0.717, 1.165) is 31.0 Å². The maximum atomic E-state index is 11.8. The molecule has 0 radical (unpaired) electrons. The van der Waals surface area contributed by atoms with Gasteiger partial charge in [0.05, 0.1) is 0 Å². The zero-order chi connectivity index (χ0) is 13.2. The monoisotopic (exact) mass is 254 g/mol. The maximum absolute atomic E-state index is 11.8. The van der Waals surface area contributed by atoms with Crippen molar-refractivity contribution in [3.8, 4) is 0 Å². The van der Waals surface area contributed by atoms with Gasteiger partial charge >= 0.3 is 0 Å². The van der Waals surface area contributed by atoms with Crippen LogP contribution in [0.1, 0.15) is 35.2 Å².